The van der Waals surface area contributed by atoms with Gasteiger partial charge in [0.25, 0.3) is 0 Å². The minimum Gasteiger partial charge on any atom is -0.380 e. The lowest BCUT2D eigenvalue weighted by molar-refractivity contribution is 0.127. The summed E-state index contributed by atoms with van der Waals surface area (Å²) in [6.07, 6.45) is 0. The lowest BCUT2D eigenvalue weighted by atomic mass is 10.2. The first kappa shape index (κ1) is 13.8. The third-order valence-corrected chi connectivity index (χ3v) is 2.97. The number of ether oxygens (including phenoxy) is 1. The molecule has 1 aromatic heterocycles. The molecular formula is C13H21N3O. The van der Waals surface area contributed by atoms with E-state index in [0.717, 1.165) is 18.8 Å². The first-order valence-corrected chi connectivity index (χ1v) is 5.96. The Hall–Kier alpha value is -1.31. The third-order valence-electron chi connectivity index (χ3n) is 2.97. The second kappa shape index (κ2) is 6.43. The van der Waals surface area contributed by atoms with Crippen LogP contribution in [0.1, 0.15) is 30.8 Å². The van der Waals surface area contributed by atoms with Crippen molar-refractivity contribution in [3.05, 3.63) is 23.0 Å². The van der Waals surface area contributed by atoms with Gasteiger partial charge < -0.3 is 14.6 Å². The van der Waals surface area contributed by atoms with E-state index < -0.39 is 0 Å². The van der Waals surface area contributed by atoms with Gasteiger partial charge in [0.15, 0.2) is 0 Å². The zero-order chi connectivity index (χ0) is 12.8. The van der Waals surface area contributed by atoms with E-state index in [1.165, 1.54) is 5.56 Å². The highest BCUT2D eigenvalue weighted by Gasteiger charge is 2.09. The maximum atomic E-state index is 8.94. The van der Waals surface area contributed by atoms with Gasteiger partial charge in [-0.1, -0.05) is 0 Å². The van der Waals surface area contributed by atoms with Crippen LogP contribution in [-0.2, 0) is 18.3 Å². The summed E-state index contributed by atoms with van der Waals surface area (Å²) in [7, 11) is 1.92. The van der Waals surface area contributed by atoms with Crippen molar-refractivity contribution in [2.45, 2.75) is 33.4 Å². The topological polar surface area (TPSA) is 50.0 Å². The van der Waals surface area contributed by atoms with Crippen molar-refractivity contribution in [2.24, 2.45) is 7.05 Å². The quantitative estimate of drug-likeness (QED) is 0.816. The molecule has 1 aromatic rings. The van der Waals surface area contributed by atoms with Crippen LogP contribution in [-0.4, -0.2) is 23.8 Å². The Balaban J connectivity index is 2.55. The molecule has 0 aliphatic carbocycles. The summed E-state index contributed by atoms with van der Waals surface area (Å²) in [5, 5.41) is 12.3. The van der Waals surface area contributed by atoms with Crippen molar-refractivity contribution in [2.75, 3.05) is 13.2 Å². The number of nitrogens with zero attached hydrogens (tertiary/aromatic N) is 2. The summed E-state index contributed by atoms with van der Waals surface area (Å²) in [6, 6.07) is 4.45. The van der Waals surface area contributed by atoms with Crippen molar-refractivity contribution in [1.82, 2.24) is 9.88 Å². The second-order valence-corrected chi connectivity index (χ2v) is 4.25. The number of aromatic nitrogens is 1. The summed E-state index contributed by atoms with van der Waals surface area (Å²) in [5.74, 6) is 0. The van der Waals surface area contributed by atoms with Crippen LogP contribution < -0.4 is 5.32 Å². The normalized spacial score (nSPS) is 12.4. The number of nitriles is 1. The maximum absolute atomic E-state index is 8.94. The van der Waals surface area contributed by atoms with Gasteiger partial charge in [0, 0.05) is 31.9 Å². The Morgan fingerprint density at radius 1 is 1.59 bits per heavy atom. The van der Waals surface area contributed by atoms with Crippen molar-refractivity contribution in [3.63, 3.8) is 0 Å². The van der Waals surface area contributed by atoms with E-state index in [2.05, 4.69) is 18.3 Å². The Labute approximate surface area is 103 Å². The zero-order valence-corrected chi connectivity index (χ0v) is 11.1. The summed E-state index contributed by atoms with van der Waals surface area (Å²) in [5.41, 5.74) is 3.02. The summed E-state index contributed by atoms with van der Waals surface area (Å²) < 4.78 is 7.26. The van der Waals surface area contributed by atoms with Crippen molar-refractivity contribution >= 4 is 0 Å². The molecule has 17 heavy (non-hydrogen) atoms. The van der Waals surface area contributed by atoms with Gasteiger partial charge in [0.2, 0.25) is 0 Å². The fourth-order valence-electron chi connectivity index (χ4n) is 1.69. The van der Waals surface area contributed by atoms with Crippen LogP contribution in [0.5, 0.6) is 0 Å². The molecular weight excluding hydrogens is 214 g/mol. The van der Waals surface area contributed by atoms with Crippen LogP contribution in [0.4, 0.5) is 0 Å². The average molecular weight is 235 g/mol. The summed E-state index contributed by atoms with van der Waals surface area (Å²) in [4.78, 5) is 0. The third kappa shape index (κ3) is 3.58. The highest BCUT2D eigenvalue weighted by molar-refractivity contribution is 5.34. The Bertz CT molecular complexity index is 404. The highest BCUT2D eigenvalue weighted by atomic mass is 16.5. The van der Waals surface area contributed by atoms with Gasteiger partial charge in [-0.3, -0.25) is 0 Å². The van der Waals surface area contributed by atoms with Crippen LogP contribution in [0, 0.1) is 18.3 Å². The molecule has 94 valence electrons. The molecule has 0 amide bonds. The van der Waals surface area contributed by atoms with E-state index in [4.69, 9.17) is 10.00 Å². The van der Waals surface area contributed by atoms with Gasteiger partial charge in [-0.25, -0.2) is 0 Å². The molecule has 1 unspecified atom stereocenters. The van der Waals surface area contributed by atoms with E-state index in [1.807, 2.05) is 31.5 Å². The van der Waals surface area contributed by atoms with Gasteiger partial charge in [-0.2, -0.15) is 5.26 Å². The van der Waals surface area contributed by atoms with Gasteiger partial charge in [0.05, 0.1) is 6.61 Å². The van der Waals surface area contributed by atoms with E-state index >= 15 is 0 Å². The molecule has 0 spiro atoms. The van der Waals surface area contributed by atoms with E-state index in [9.17, 15) is 0 Å². The van der Waals surface area contributed by atoms with Crippen LogP contribution in [0.3, 0.4) is 0 Å². The molecule has 1 heterocycles. The molecule has 0 aromatic carbocycles. The van der Waals surface area contributed by atoms with E-state index in [-0.39, 0.29) is 0 Å². The Kier molecular flexibility index (Phi) is 5.20. The van der Waals surface area contributed by atoms with Crippen LogP contribution >= 0.6 is 0 Å². The lowest BCUT2D eigenvalue weighted by Crippen LogP contribution is -2.30. The van der Waals surface area contributed by atoms with Crippen LogP contribution in [0.25, 0.3) is 0 Å². The van der Waals surface area contributed by atoms with Crippen LogP contribution in [0.2, 0.25) is 0 Å². The lowest BCUT2D eigenvalue weighted by Gasteiger charge is -2.13. The molecule has 0 fully saturated rings. The molecule has 0 bridgehead atoms. The standard InChI is InChI=1S/C13H21N3O/c1-5-17-9-10(2)15-8-12-6-13(7-14)16(4)11(12)3/h6,10,15H,5,8-9H2,1-4H3. The minimum absolute atomic E-state index is 0.320. The number of hydrogen-bond donors (Lipinski definition) is 1. The number of rotatable bonds is 6. The largest absolute Gasteiger partial charge is 0.380 e. The smallest absolute Gasteiger partial charge is 0.120 e. The summed E-state index contributed by atoms with van der Waals surface area (Å²) >= 11 is 0. The van der Waals surface area contributed by atoms with Gasteiger partial charge in [-0.05, 0) is 32.4 Å². The molecule has 4 heteroatoms. The molecule has 1 N–H and O–H groups in total. The molecule has 0 saturated heterocycles. The van der Waals surface area contributed by atoms with Gasteiger partial charge in [0.1, 0.15) is 11.8 Å². The number of hydrogen-bond acceptors (Lipinski definition) is 3. The average Bonchev–Trinajstić information content (AvgIpc) is 2.61. The molecule has 1 rings (SSSR count). The van der Waals surface area contributed by atoms with Crippen molar-refractivity contribution in [1.29, 1.82) is 5.26 Å². The Morgan fingerprint density at radius 2 is 2.29 bits per heavy atom. The fraction of sp³-hybridized carbons (Fsp3) is 0.615. The number of nitrogens with one attached hydrogen (secondary N) is 1. The predicted octanol–water partition coefficient (Wildman–Crippen LogP) is 1.72. The van der Waals surface area contributed by atoms with Gasteiger partial charge >= 0.3 is 0 Å². The van der Waals surface area contributed by atoms with Crippen molar-refractivity contribution in [3.8, 4) is 6.07 Å². The first-order chi connectivity index (χ1) is 8.10. The molecule has 4 nitrogen and oxygen atoms in total. The monoisotopic (exact) mass is 235 g/mol. The van der Waals surface area contributed by atoms with Crippen molar-refractivity contribution < 1.29 is 4.74 Å². The molecule has 1 atom stereocenters. The molecule has 0 saturated carbocycles. The first-order valence-electron chi connectivity index (χ1n) is 5.96. The fourth-order valence-corrected chi connectivity index (χ4v) is 1.69. The Morgan fingerprint density at radius 3 is 2.82 bits per heavy atom. The van der Waals surface area contributed by atoms with E-state index in [1.54, 1.807) is 0 Å². The molecule has 0 aliphatic rings. The molecule has 0 radical (unpaired) electrons. The predicted molar refractivity (Wildman–Crippen MR) is 67.7 cm³/mol. The van der Waals surface area contributed by atoms with Crippen LogP contribution in [0.15, 0.2) is 6.07 Å². The maximum Gasteiger partial charge on any atom is 0.120 e. The molecule has 0 aliphatic heterocycles. The SMILES string of the molecule is CCOCC(C)NCc1cc(C#N)n(C)c1C. The van der Waals surface area contributed by atoms with Gasteiger partial charge in [-0.15, -0.1) is 0 Å². The highest BCUT2D eigenvalue weighted by Crippen LogP contribution is 2.13. The summed E-state index contributed by atoms with van der Waals surface area (Å²) in [6.45, 7) is 8.36. The minimum atomic E-state index is 0.320. The van der Waals surface area contributed by atoms with E-state index in [0.29, 0.717) is 18.3 Å². The second-order valence-electron chi connectivity index (χ2n) is 4.25. The zero-order valence-electron chi connectivity index (χ0n) is 11.1.